The molecule has 0 amide bonds. The van der Waals surface area contributed by atoms with Gasteiger partial charge in [0.05, 0.1) is 0 Å². The molecule has 2 bridgehead atoms. The van der Waals surface area contributed by atoms with Gasteiger partial charge >= 0.3 is 11.9 Å². The van der Waals surface area contributed by atoms with Crippen LogP contribution in [0.25, 0.3) is 10.9 Å². The van der Waals surface area contributed by atoms with Crippen LogP contribution in [0.4, 0.5) is 0 Å². The number of carbonyl (C=O) groups is 2. The van der Waals surface area contributed by atoms with Crippen molar-refractivity contribution in [2.24, 2.45) is 5.92 Å². The lowest BCUT2D eigenvalue weighted by atomic mass is 9.82. The molecule has 1 fully saturated rings. The number of carboxylic acid groups (broad SMARTS) is 2. The van der Waals surface area contributed by atoms with Gasteiger partial charge in [-0.2, -0.15) is 0 Å². The van der Waals surface area contributed by atoms with Crippen molar-refractivity contribution < 1.29 is 19.8 Å². The van der Waals surface area contributed by atoms with E-state index >= 15 is 0 Å². The number of fused-ring (bicyclic) bond motifs is 5. The van der Waals surface area contributed by atoms with Crippen LogP contribution in [-0.4, -0.2) is 49.3 Å². The Morgan fingerprint density at radius 3 is 2.61 bits per heavy atom. The van der Waals surface area contributed by atoms with E-state index in [-0.39, 0.29) is 23.9 Å². The van der Waals surface area contributed by atoms with E-state index in [9.17, 15) is 24.6 Å². The molecule has 2 aromatic heterocycles. The Morgan fingerprint density at radius 2 is 1.84 bits per heavy atom. The van der Waals surface area contributed by atoms with Gasteiger partial charge in [-0.1, -0.05) is 24.3 Å². The second kappa shape index (κ2) is 7.39. The van der Waals surface area contributed by atoms with Gasteiger partial charge in [-0.25, -0.2) is 0 Å². The average molecular weight is 421 g/mol. The highest BCUT2D eigenvalue weighted by molar-refractivity contribution is 5.90. The van der Waals surface area contributed by atoms with Crippen LogP contribution in [0.3, 0.4) is 0 Å². The molecular weight excluding hydrogens is 398 g/mol. The lowest BCUT2D eigenvalue weighted by Gasteiger charge is -2.44. The maximum Gasteiger partial charge on any atom is 0.325 e. The Labute approximate surface area is 177 Å². The van der Waals surface area contributed by atoms with Gasteiger partial charge in [0, 0.05) is 60.0 Å². The third-order valence-corrected chi connectivity index (χ3v) is 6.53. The molecule has 0 spiro atoms. The van der Waals surface area contributed by atoms with Crippen LogP contribution in [0.5, 0.6) is 0 Å². The highest BCUT2D eigenvalue weighted by atomic mass is 16.4. The van der Waals surface area contributed by atoms with Gasteiger partial charge < -0.3 is 19.3 Å². The third kappa shape index (κ3) is 3.33. The number of para-hydroxylation sites is 1. The summed E-state index contributed by atoms with van der Waals surface area (Å²) in [5, 5.41) is 20.2. The monoisotopic (exact) mass is 421 g/mol. The summed E-state index contributed by atoms with van der Waals surface area (Å²) in [5.41, 5.74) is 2.27. The first-order chi connectivity index (χ1) is 14.9. The van der Waals surface area contributed by atoms with E-state index in [1.165, 1.54) is 0 Å². The Kier molecular flexibility index (Phi) is 4.66. The number of aliphatic carboxylic acids is 2. The maximum atomic E-state index is 12.5. The number of benzene rings is 1. The Bertz CT molecular complexity index is 1240. The topological polar surface area (TPSA) is 105 Å². The zero-order valence-corrected chi connectivity index (χ0v) is 16.8. The van der Waals surface area contributed by atoms with E-state index < -0.39 is 18.0 Å². The second-order valence-corrected chi connectivity index (χ2v) is 8.52. The van der Waals surface area contributed by atoms with Gasteiger partial charge in [-0.05, 0) is 24.5 Å². The van der Waals surface area contributed by atoms with Crippen molar-refractivity contribution >= 4 is 22.8 Å². The zero-order valence-electron chi connectivity index (χ0n) is 16.8. The molecule has 0 aliphatic carbocycles. The molecule has 1 saturated heterocycles. The summed E-state index contributed by atoms with van der Waals surface area (Å²) in [6.07, 6.45) is 2.60. The molecule has 3 aromatic rings. The van der Waals surface area contributed by atoms with Crippen LogP contribution >= 0.6 is 0 Å². The summed E-state index contributed by atoms with van der Waals surface area (Å²) in [6.45, 7) is 1.48. The SMILES string of the molecule is O=C(O)Cn1cc([C@H](C(=O)O)N2C[C@H]3C[C@@H](C2)c2cccc(=O)n2C3)c2ccccc21. The number of piperidine rings is 1. The standard InChI is InChI=1S/C23H23N3O5/c27-20-7-3-6-18-15-8-14(10-26(18)20)9-25(11-15)22(23(30)31)17-12-24(13-21(28)29)19-5-2-1-4-16(17)19/h1-7,12,14-15,22H,8-11,13H2,(H,28,29)(H,30,31)/t14-,15+,22-/m1/s1. The van der Waals surface area contributed by atoms with Gasteiger partial charge in [0.1, 0.15) is 12.6 Å². The fourth-order valence-corrected chi connectivity index (χ4v) is 5.40. The van der Waals surface area contributed by atoms with Crippen molar-refractivity contribution in [2.45, 2.75) is 31.5 Å². The molecule has 0 unspecified atom stereocenters. The molecular formula is C23H23N3O5. The number of carboxylic acids is 2. The van der Waals surface area contributed by atoms with Crippen LogP contribution in [0.1, 0.15) is 29.6 Å². The van der Waals surface area contributed by atoms with Crippen molar-refractivity contribution in [3.05, 3.63) is 70.3 Å². The minimum Gasteiger partial charge on any atom is -0.480 e. The number of likely N-dealkylation sites (tertiary alicyclic amines) is 1. The van der Waals surface area contributed by atoms with Crippen molar-refractivity contribution in [1.82, 2.24) is 14.0 Å². The fourth-order valence-electron chi connectivity index (χ4n) is 5.40. The minimum atomic E-state index is -0.978. The van der Waals surface area contributed by atoms with Crippen molar-refractivity contribution in [1.29, 1.82) is 0 Å². The van der Waals surface area contributed by atoms with Gasteiger partial charge in [0.2, 0.25) is 0 Å². The van der Waals surface area contributed by atoms with E-state index in [1.807, 2.05) is 39.8 Å². The molecule has 0 saturated carbocycles. The summed E-state index contributed by atoms with van der Waals surface area (Å²) >= 11 is 0. The van der Waals surface area contributed by atoms with Crippen LogP contribution in [0.15, 0.2) is 53.5 Å². The normalized spacial score (nSPS) is 21.5. The number of hydrogen-bond donors (Lipinski definition) is 2. The Balaban J connectivity index is 1.56. The number of hydrogen-bond acceptors (Lipinski definition) is 4. The number of rotatable bonds is 5. The molecule has 8 heteroatoms. The number of pyridine rings is 1. The summed E-state index contributed by atoms with van der Waals surface area (Å²) in [7, 11) is 0. The summed E-state index contributed by atoms with van der Waals surface area (Å²) in [5.74, 6) is -1.64. The lowest BCUT2D eigenvalue weighted by Crippen LogP contribution is -2.49. The Hall–Kier alpha value is -3.39. The third-order valence-electron chi connectivity index (χ3n) is 6.53. The maximum absolute atomic E-state index is 12.5. The van der Waals surface area contributed by atoms with Gasteiger partial charge in [-0.3, -0.25) is 19.3 Å². The van der Waals surface area contributed by atoms with Crippen molar-refractivity contribution in [2.75, 3.05) is 13.1 Å². The average Bonchev–Trinajstić information content (AvgIpc) is 3.06. The largest absolute Gasteiger partial charge is 0.480 e. The summed E-state index contributed by atoms with van der Waals surface area (Å²) in [6, 6.07) is 11.7. The molecule has 2 aliphatic heterocycles. The van der Waals surface area contributed by atoms with E-state index in [2.05, 4.69) is 0 Å². The second-order valence-electron chi connectivity index (χ2n) is 8.52. The number of aromatic nitrogens is 2. The molecule has 3 atom stereocenters. The molecule has 2 aliphatic rings. The van der Waals surface area contributed by atoms with Crippen LogP contribution in [0, 0.1) is 5.92 Å². The highest BCUT2D eigenvalue weighted by Crippen LogP contribution is 2.40. The van der Waals surface area contributed by atoms with Crippen molar-refractivity contribution in [3.8, 4) is 0 Å². The first-order valence-electron chi connectivity index (χ1n) is 10.4. The fraction of sp³-hybridized carbons (Fsp3) is 0.348. The van der Waals surface area contributed by atoms with Crippen LogP contribution in [0.2, 0.25) is 0 Å². The van der Waals surface area contributed by atoms with E-state index in [4.69, 9.17) is 0 Å². The van der Waals surface area contributed by atoms with Gasteiger partial charge in [0.25, 0.3) is 5.56 Å². The van der Waals surface area contributed by atoms with E-state index in [0.29, 0.717) is 30.7 Å². The smallest absolute Gasteiger partial charge is 0.325 e. The first kappa shape index (κ1) is 19.6. The molecule has 31 heavy (non-hydrogen) atoms. The predicted molar refractivity (Wildman–Crippen MR) is 113 cm³/mol. The number of nitrogens with zero attached hydrogens (tertiary/aromatic N) is 3. The summed E-state index contributed by atoms with van der Waals surface area (Å²) in [4.78, 5) is 38.1. The van der Waals surface area contributed by atoms with E-state index in [0.717, 1.165) is 17.5 Å². The molecule has 4 heterocycles. The molecule has 160 valence electrons. The molecule has 0 radical (unpaired) electrons. The molecule has 1 aromatic carbocycles. The zero-order chi connectivity index (χ0) is 21.7. The van der Waals surface area contributed by atoms with Crippen LogP contribution < -0.4 is 5.56 Å². The van der Waals surface area contributed by atoms with Gasteiger partial charge in [0.15, 0.2) is 0 Å². The molecule has 5 rings (SSSR count). The minimum absolute atomic E-state index is 0.00724. The first-order valence-corrected chi connectivity index (χ1v) is 10.4. The van der Waals surface area contributed by atoms with Crippen LogP contribution in [-0.2, 0) is 22.7 Å². The van der Waals surface area contributed by atoms with E-state index in [1.54, 1.807) is 22.9 Å². The highest BCUT2D eigenvalue weighted by Gasteiger charge is 2.40. The van der Waals surface area contributed by atoms with Gasteiger partial charge in [-0.15, -0.1) is 0 Å². The summed E-state index contributed by atoms with van der Waals surface area (Å²) < 4.78 is 3.42. The Morgan fingerprint density at radius 1 is 1.03 bits per heavy atom. The van der Waals surface area contributed by atoms with Crippen molar-refractivity contribution in [3.63, 3.8) is 0 Å². The molecule has 8 nitrogen and oxygen atoms in total. The predicted octanol–water partition coefficient (Wildman–Crippen LogP) is 2.13. The molecule has 2 N–H and O–H groups in total. The quantitative estimate of drug-likeness (QED) is 0.654. The lowest BCUT2D eigenvalue weighted by molar-refractivity contribution is -0.144.